The first-order valence-corrected chi connectivity index (χ1v) is 6.84. The van der Waals surface area contributed by atoms with Gasteiger partial charge in [-0.25, -0.2) is 5.43 Å². The molecule has 1 heterocycles. The van der Waals surface area contributed by atoms with Crippen LogP contribution in [0.25, 0.3) is 0 Å². The molecule has 0 bridgehead atoms. The van der Waals surface area contributed by atoms with E-state index in [0.29, 0.717) is 17.4 Å². The predicted octanol–water partition coefficient (Wildman–Crippen LogP) is 2.49. The molecule has 1 aromatic carbocycles. The molecule has 6 heteroatoms. The summed E-state index contributed by atoms with van der Waals surface area (Å²) in [5.74, 6) is -0.751. The van der Waals surface area contributed by atoms with Gasteiger partial charge in [-0.15, -0.1) is 0 Å². The fraction of sp³-hybridized carbons (Fsp3) is 0.188. The predicted molar refractivity (Wildman–Crippen MR) is 83.6 cm³/mol. The topological polar surface area (TPSA) is 83.7 Å². The van der Waals surface area contributed by atoms with Gasteiger partial charge in [-0.2, -0.15) is 5.10 Å². The number of hydrogen-bond acceptors (Lipinski definition) is 4. The van der Waals surface area contributed by atoms with Crippen LogP contribution < -0.4 is 10.7 Å². The van der Waals surface area contributed by atoms with Crippen LogP contribution in [-0.4, -0.2) is 18.0 Å². The summed E-state index contributed by atoms with van der Waals surface area (Å²) in [7, 11) is 0. The van der Waals surface area contributed by atoms with E-state index in [9.17, 15) is 9.59 Å². The molecule has 0 radical (unpaired) electrons. The van der Waals surface area contributed by atoms with Gasteiger partial charge in [0.05, 0.1) is 12.5 Å². The van der Waals surface area contributed by atoms with Crippen LogP contribution in [0.2, 0.25) is 0 Å². The second kappa shape index (κ2) is 7.21. The number of rotatable bonds is 4. The van der Waals surface area contributed by atoms with Crippen LogP contribution in [0.5, 0.6) is 0 Å². The zero-order valence-corrected chi connectivity index (χ0v) is 12.4. The highest BCUT2D eigenvalue weighted by Crippen LogP contribution is 2.16. The second-order valence-corrected chi connectivity index (χ2v) is 4.95. The maximum atomic E-state index is 11.7. The minimum absolute atomic E-state index is 0.406. The van der Waals surface area contributed by atoms with E-state index in [4.69, 9.17) is 4.42 Å². The third kappa shape index (κ3) is 4.31. The Kier molecular flexibility index (Phi) is 5.08. The zero-order valence-electron chi connectivity index (χ0n) is 12.4. The number of furan rings is 1. The number of anilines is 1. The normalized spacial score (nSPS) is 10.9. The van der Waals surface area contributed by atoms with Crippen molar-refractivity contribution >= 4 is 23.7 Å². The molecule has 22 heavy (non-hydrogen) atoms. The molecule has 2 aromatic rings. The van der Waals surface area contributed by atoms with Crippen LogP contribution >= 0.6 is 0 Å². The molecule has 0 saturated carbocycles. The summed E-state index contributed by atoms with van der Waals surface area (Å²) in [5, 5.41) is 6.14. The molecule has 0 saturated heterocycles. The third-order valence-electron chi connectivity index (χ3n) is 2.94. The number of nitrogens with one attached hydrogen (secondary N) is 2. The van der Waals surface area contributed by atoms with Gasteiger partial charge >= 0.3 is 11.8 Å². The summed E-state index contributed by atoms with van der Waals surface area (Å²) >= 11 is 0. The van der Waals surface area contributed by atoms with Gasteiger partial charge < -0.3 is 9.73 Å². The Hall–Kier alpha value is -2.89. The first-order chi connectivity index (χ1) is 10.6. The minimum Gasteiger partial charge on any atom is -0.463 e. The average molecular weight is 299 g/mol. The van der Waals surface area contributed by atoms with Crippen molar-refractivity contribution in [2.45, 2.75) is 19.8 Å². The van der Waals surface area contributed by atoms with Crippen LogP contribution in [0.3, 0.4) is 0 Å². The van der Waals surface area contributed by atoms with Gasteiger partial charge in [-0.1, -0.05) is 26.0 Å². The lowest BCUT2D eigenvalue weighted by molar-refractivity contribution is -0.136. The van der Waals surface area contributed by atoms with Gasteiger partial charge in [0.25, 0.3) is 0 Å². The Labute approximate surface area is 128 Å². The van der Waals surface area contributed by atoms with Gasteiger partial charge in [0, 0.05) is 5.69 Å². The van der Waals surface area contributed by atoms with Crippen molar-refractivity contribution in [3.63, 3.8) is 0 Å². The Morgan fingerprint density at radius 3 is 2.45 bits per heavy atom. The maximum Gasteiger partial charge on any atom is 0.329 e. The van der Waals surface area contributed by atoms with E-state index in [2.05, 4.69) is 29.7 Å². The van der Waals surface area contributed by atoms with Gasteiger partial charge in [-0.05, 0) is 35.7 Å². The molecule has 0 atom stereocenters. The first-order valence-electron chi connectivity index (χ1n) is 6.84. The van der Waals surface area contributed by atoms with E-state index >= 15 is 0 Å². The van der Waals surface area contributed by atoms with Gasteiger partial charge in [0.1, 0.15) is 5.76 Å². The highest BCUT2D eigenvalue weighted by Gasteiger charge is 2.12. The Balaban J connectivity index is 1.87. The van der Waals surface area contributed by atoms with Crippen molar-refractivity contribution in [3.05, 3.63) is 54.0 Å². The summed E-state index contributed by atoms with van der Waals surface area (Å²) < 4.78 is 5.00. The number of carbonyl (C=O) groups excluding carboxylic acids is 2. The second-order valence-electron chi connectivity index (χ2n) is 4.95. The Morgan fingerprint density at radius 1 is 1.14 bits per heavy atom. The van der Waals surface area contributed by atoms with E-state index < -0.39 is 11.8 Å². The molecule has 0 fully saturated rings. The minimum atomic E-state index is -0.851. The molecule has 2 N–H and O–H groups in total. The van der Waals surface area contributed by atoms with Crippen molar-refractivity contribution < 1.29 is 14.0 Å². The molecule has 0 unspecified atom stereocenters. The largest absolute Gasteiger partial charge is 0.463 e. The monoisotopic (exact) mass is 299 g/mol. The van der Waals surface area contributed by atoms with Crippen molar-refractivity contribution in [1.82, 2.24) is 5.43 Å². The van der Waals surface area contributed by atoms with Gasteiger partial charge in [0.2, 0.25) is 0 Å². The molecular weight excluding hydrogens is 282 g/mol. The molecule has 6 nitrogen and oxygen atoms in total. The van der Waals surface area contributed by atoms with Crippen LogP contribution in [0, 0.1) is 0 Å². The van der Waals surface area contributed by atoms with Crippen molar-refractivity contribution in [2.75, 3.05) is 5.32 Å². The maximum absolute atomic E-state index is 11.7. The summed E-state index contributed by atoms with van der Waals surface area (Å²) in [6.45, 7) is 4.16. The van der Waals surface area contributed by atoms with Crippen LogP contribution in [0.15, 0.2) is 52.2 Å². The Bertz CT molecular complexity index is 658. The van der Waals surface area contributed by atoms with E-state index in [0.717, 1.165) is 5.56 Å². The average Bonchev–Trinajstić information content (AvgIpc) is 3.01. The van der Waals surface area contributed by atoms with Crippen LogP contribution in [-0.2, 0) is 9.59 Å². The number of hydrazone groups is 1. The Morgan fingerprint density at radius 2 is 1.86 bits per heavy atom. The highest BCUT2D eigenvalue weighted by molar-refractivity contribution is 6.39. The molecule has 0 spiro atoms. The number of hydrogen-bond donors (Lipinski definition) is 2. The highest BCUT2D eigenvalue weighted by atomic mass is 16.3. The lowest BCUT2D eigenvalue weighted by Gasteiger charge is -2.07. The smallest absolute Gasteiger partial charge is 0.329 e. The van der Waals surface area contributed by atoms with Crippen LogP contribution in [0.4, 0.5) is 5.69 Å². The zero-order chi connectivity index (χ0) is 15.9. The lowest BCUT2D eigenvalue weighted by atomic mass is 10.0. The van der Waals surface area contributed by atoms with Gasteiger partial charge in [0.15, 0.2) is 0 Å². The van der Waals surface area contributed by atoms with Gasteiger partial charge in [-0.3, -0.25) is 9.59 Å². The molecule has 2 amide bonds. The molecule has 0 aliphatic carbocycles. The fourth-order valence-corrected chi connectivity index (χ4v) is 1.71. The SMILES string of the molecule is CC(C)c1ccc(NC(=O)C(=O)N/N=C\c2ccco2)cc1. The molecule has 2 rings (SSSR count). The van der Waals surface area contributed by atoms with E-state index in [-0.39, 0.29) is 0 Å². The number of carbonyl (C=O) groups is 2. The number of amides is 2. The molecular formula is C16H17N3O3. The van der Waals surface area contributed by atoms with Crippen molar-refractivity contribution in [2.24, 2.45) is 5.10 Å². The fourth-order valence-electron chi connectivity index (χ4n) is 1.71. The number of nitrogens with zero attached hydrogens (tertiary/aromatic N) is 1. The standard InChI is InChI=1S/C16H17N3O3/c1-11(2)12-5-7-13(8-6-12)18-15(20)16(21)19-17-10-14-4-3-9-22-14/h3-11H,1-2H3,(H,18,20)(H,19,21)/b17-10-. The molecule has 114 valence electrons. The first kappa shape index (κ1) is 15.5. The van der Waals surface area contributed by atoms with Crippen molar-refractivity contribution in [1.29, 1.82) is 0 Å². The van der Waals surface area contributed by atoms with Crippen LogP contribution in [0.1, 0.15) is 31.1 Å². The summed E-state index contributed by atoms with van der Waals surface area (Å²) in [5.41, 5.74) is 3.84. The molecule has 0 aliphatic rings. The van der Waals surface area contributed by atoms with E-state index in [1.54, 1.807) is 24.3 Å². The number of benzene rings is 1. The third-order valence-corrected chi connectivity index (χ3v) is 2.94. The van der Waals surface area contributed by atoms with E-state index in [1.165, 1.54) is 12.5 Å². The molecule has 0 aliphatic heterocycles. The summed E-state index contributed by atoms with van der Waals surface area (Å²) in [6.07, 6.45) is 2.79. The lowest BCUT2D eigenvalue weighted by Crippen LogP contribution is -2.32. The summed E-state index contributed by atoms with van der Waals surface area (Å²) in [6, 6.07) is 10.7. The summed E-state index contributed by atoms with van der Waals surface area (Å²) in [4.78, 5) is 23.3. The quantitative estimate of drug-likeness (QED) is 0.517. The van der Waals surface area contributed by atoms with E-state index in [1.807, 2.05) is 12.1 Å². The molecule has 1 aromatic heterocycles. The van der Waals surface area contributed by atoms with Crippen molar-refractivity contribution in [3.8, 4) is 0 Å².